The molecule has 0 radical (unpaired) electrons. The summed E-state index contributed by atoms with van der Waals surface area (Å²) >= 11 is 0. The van der Waals surface area contributed by atoms with E-state index in [1.165, 1.54) is 18.0 Å². The number of ether oxygens (including phenoxy) is 1. The van der Waals surface area contributed by atoms with E-state index in [4.69, 9.17) is 4.74 Å². The number of halogens is 1. The second-order valence-electron chi connectivity index (χ2n) is 6.95. The summed E-state index contributed by atoms with van der Waals surface area (Å²) in [4.78, 5) is 10.7. The van der Waals surface area contributed by atoms with Gasteiger partial charge in [-0.2, -0.15) is 0 Å². The summed E-state index contributed by atoms with van der Waals surface area (Å²) in [5.41, 5.74) is 2.78. The second-order valence-corrected chi connectivity index (χ2v) is 6.95. The third-order valence-electron chi connectivity index (χ3n) is 4.80. The van der Waals surface area contributed by atoms with Crippen LogP contribution in [0.25, 0.3) is 10.9 Å². The number of benzene rings is 2. The number of rotatable bonds is 5. The van der Waals surface area contributed by atoms with Crippen LogP contribution in [0.4, 0.5) is 10.2 Å². The summed E-state index contributed by atoms with van der Waals surface area (Å²) in [6, 6.07) is 13.4. The van der Waals surface area contributed by atoms with Gasteiger partial charge in [0.25, 0.3) is 0 Å². The predicted octanol–water partition coefficient (Wildman–Crippen LogP) is 3.60. The fraction of sp³-hybridized carbons (Fsp3) is 0.333. The molecule has 1 saturated heterocycles. The van der Waals surface area contributed by atoms with Crippen molar-refractivity contribution in [3.8, 4) is 0 Å². The Bertz CT molecular complexity index is 933. The maximum absolute atomic E-state index is 13.9. The van der Waals surface area contributed by atoms with Gasteiger partial charge in [-0.3, -0.25) is 4.90 Å². The molecule has 0 bridgehead atoms. The molecule has 0 spiro atoms. The first-order chi connectivity index (χ1) is 13.2. The van der Waals surface area contributed by atoms with Crippen LogP contribution in [0, 0.1) is 5.82 Å². The normalized spacial score (nSPS) is 17.9. The van der Waals surface area contributed by atoms with Crippen LogP contribution < -0.4 is 5.32 Å². The standard InChI is InChI=1S/C21H23FN4O/c1-15-12-26(8-9-27-15)13-17-5-2-4-16(10-17)11-23-21-18-6-3-7-19(22)20(18)24-14-25-21/h2-7,10,14-15H,8-9,11-13H2,1H3,(H,23,24,25)/t15-/m1/s1. The van der Waals surface area contributed by atoms with Gasteiger partial charge in [-0.25, -0.2) is 14.4 Å². The predicted molar refractivity (Wildman–Crippen MR) is 104 cm³/mol. The van der Waals surface area contributed by atoms with Crippen LogP contribution >= 0.6 is 0 Å². The first-order valence-corrected chi connectivity index (χ1v) is 9.24. The zero-order chi connectivity index (χ0) is 18.6. The molecule has 0 amide bonds. The molecule has 2 heterocycles. The van der Waals surface area contributed by atoms with E-state index in [2.05, 4.69) is 51.4 Å². The molecule has 140 valence electrons. The van der Waals surface area contributed by atoms with E-state index in [1.807, 2.05) is 6.07 Å². The Balaban J connectivity index is 1.45. The average Bonchev–Trinajstić information content (AvgIpc) is 2.67. The van der Waals surface area contributed by atoms with Gasteiger partial charge in [-0.15, -0.1) is 0 Å². The molecule has 3 aromatic rings. The van der Waals surface area contributed by atoms with E-state index in [1.54, 1.807) is 6.07 Å². The number of hydrogen-bond acceptors (Lipinski definition) is 5. The van der Waals surface area contributed by atoms with Crippen molar-refractivity contribution in [3.05, 3.63) is 65.7 Å². The Kier molecular flexibility index (Phi) is 5.27. The number of para-hydroxylation sites is 1. The van der Waals surface area contributed by atoms with E-state index < -0.39 is 0 Å². The van der Waals surface area contributed by atoms with Crippen molar-refractivity contribution < 1.29 is 9.13 Å². The molecule has 6 heteroatoms. The van der Waals surface area contributed by atoms with Crippen LogP contribution in [0.15, 0.2) is 48.8 Å². The van der Waals surface area contributed by atoms with Gasteiger partial charge in [0.2, 0.25) is 0 Å². The smallest absolute Gasteiger partial charge is 0.149 e. The van der Waals surface area contributed by atoms with E-state index >= 15 is 0 Å². The minimum atomic E-state index is -0.334. The molecule has 0 unspecified atom stereocenters. The average molecular weight is 366 g/mol. The van der Waals surface area contributed by atoms with Crippen LogP contribution in [0.5, 0.6) is 0 Å². The SMILES string of the molecule is C[C@@H]1CN(Cc2cccc(CNc3ncnc4c(F)cccc34)c2)CCO1. The third kappa shape index (κ3) is 4.23. The topological polar surface area (TPSA) is 50.3 Å². The fourth-order valence-electron chi connectivity index (χ4n) is 3.51. The third-order valence-corrected chi connectivity index (χ3v) is 4.80. The van der Waals surface area contributed by atoms with Gasteiger partial charge in [0.15, 0.2) is 0 Å². The lowest BCUT2D eigenvalue weighted by Crippen LogP contribution is -2.40. The number of fused-ring (bicyclic) bond motifs is 1. The van der Waals surface area contributed by atoms with Crippen molar-refractivity contribution in [2.75, 3.05) is 25.0 Å². The summed E-state index contributed by atoms with van der Waals surface area (Å²) in [5, 5.41) is 4.01. The van der Waals surface area contributed by atoms with Crippen LogP contribution in [-0.4, -0.2) is 40.7 Å². The molecular formula is C21H23FN4O. The highest BCUT2D eigenvalue weighted by Gasteiger charge is 2.16. The molecule has 1 aromatic heterocycles. The van der Waals surface area contributed by atoms with Crippen LogP contribution in [0.2, 0.25) is 0 Å². The van der Waals surface area contributed by atoms with Crippen molar-refractivity contribution in [3.63, 3.8) is 0 Å². The Morgan fingerprint density at radius 1 is 1.19 bits per heavy atom. The quantitative estimate of drug-likeness (QED) is 0.748. The molecule has 5 nitrogen and oxygen atoms in total. The molecule has 1 N–H and O–H groups in total. The van der Waals surface area contributed by atoms with Crippen molar-refractivity contribution >= 4 is 16.7 Å². The minimum Gasteiger partial charge on any atom is -0.376 e. The summed E-state index contributed by atoms with van der Waals surface area (Å²) in [6.07, 6.45) is 1.68. The number of nitrogens with zero attached hydrogens (tertiary/aromatic N) is 3. The summed E-state index contributed by atoms with van der Waals surface area (Å²) < 4.78 is 19.5. The molecular weight excluding hydrogens is 343 g/mol. The molecule has 1 fully saturated rings. The van der Waals surface area contributed by atoms with Crippen LogP contribution in [-0.2, 0) is 17.8 Å². The molecule has 27 heavy (non-hydrogen) atoms. The first kappa shape index (κ1) is 17.8. The Hall–Kier alpha value is -2.57. The van der Waals surface area contributed by atoms with E-state index in [-0.39, 0.29) is 11.9 Å². The maximum Gasteiger partial charge on any atom is 0.149 e. The van der Waals surface area contributed by atoms with E-state index in [0.29, 0.717) is 23.3 Å². The maximum atomic E-state index is 13.9. The Morgan fingerprint density at radius 3 is 2.93 bits per heavy atom. The second kappa shape index (κ2) is 7.98. The van der Waals surface area contributed by atoms with Gasteiger partial charge in [-0.1, -0.05) is 30.3 Å². The lowest BCUT2D eigenvalue weighted by molar-refractivity contribution is -0.0212. The number of aromatic nitrogens is 2. The van der Waals surface area contributed by atoms with Crippen molar-refractivity contribution in [2.45, 2.75) is 26.1 Å². The van der Waals surface area contributed by atoms with Crippen LogP contribution in [0.3, 0.4) is 0 Å². The van der Waals surface area contributed by atoms with Gasteiger partial charge < -0.3 is 10.1 Å². The molecule has 0 aliphatic carbocycles. The van der Waals surface area contributed by atoms with Crippen molar-refractivity contribution in [1.82, 2.24) is 14.9 Å². The number of morpholine rings is 1. The highest BCUT2D eigenvalue weighted by Crippen LogP contribution is 2.22. The summed E-state index contributed by atoms with van der Waals surface area (Å²) in [5.74, 6) is 0.312. The Morgan fingerprint density at radius 2 is 2.04 bits per heavy atom. The lowest BCUT2D eigenvalue weighted by atomic mass is 10.1. The van der Waals surface area contributed by atoms with Crippen molar-refractivity contribution in [1.29, 1.82) is 0 Å². The zero-order valence-corrected chi connectivity index (χ0v) is 15.4. The fourth-order valence-corrected chi connectivity index (χ4v) is 3.51. The zero-order valence-electron chi connectivity index (χ0n) is 15.4. The molecule has 4 rings (SSSR count). The van der Waals surface area contributed by atoms with Crippen molar-refractivity contribution in [2.24, 2.45) is 0 Å². The van der Waals surface area contributed by atoms with Gasteiger partial charge >= 0.3 is 0 Å². The van der Waals surface area contributed by atoms with E-state index in [0.717, 1.165) is 31.8 Å². The molecule has 2 aromatic carbocycles. The highest BCUT2D eigenvalue weighted by atomic mass is 19.1. The number of nitrogens with one attached hydrogen (secondary N) is 1. The molecule has 1 atom stereocenters. The lowest BCUT2D eigenvalue weighted by Gasteiger charge is -2.31. The summed E-state index contributed by atoms with van der Waals surface area (Å²) in [7, 11) is 0. The number of hydrogen-bond donors (Lipinski definition) is 1. The monoisotopic (exact) mass is 366 g/mol. The van der Waals surface area contributed by atoms with E-state index in [9.17, 15) is 4.39 Å². The van der Waals surface area contributed by atoms with Gasteiger partial charge in [0.1, 0.15) is 23.5 Å². The largest absolute Gasteiger partial charge is 0.376 e. The highest BCUT2D eigenvalue weighted by molar-refractivity contribution is 5.89. The van der Waals surface area contributed by atoms with Gasteiger partial charge in [0.05, 0.1) is 12.7 Å². The minimum absolute atomic E-state index is 0.287. The number of anilines is 1. The summed E-state index contributed by atoms with van der Waals surface area (Å²) in [6.45, 7) is 6.37. The van der Waals surface area contributed by atoms with Gasteiger partial charge in [0, 0.05) is 31.6 Å². The van der Waals surface area contributed by atoms with Crippen LogP contribution in [0.1, 0.15) is 18.1 Å². The molecule has 0 saturated carbocycles. The molecule has 1 aliphatic heterocycles. The van der Waals surface area contributed by atoms with Gasteiger partial charge in [-0.05, 0) is 30.2 Å². The Labute approximate surface area is 158 Å². The molecule has 1 aliphatic rings. The first-order valence-electron chi connectivity index (χ1n) is 9.24.